The first-order valence-corrected chi connectivity index (χ1v) is 12.6. The molecule has 0 saturated heterocycles. The van der Waals surface area contributed by atoms with E-state index in [4.69, 9.17) is 9.47 Å². The van der Waals surface area contributed by atoms with Crippen LogP contribution in [0.25, 0.3) is 0 Å². The molecule has 4 heteroatoms. The van der Waals surface area contributed by atoms with E-state index < -0.39 is 0 Å². The monoisotopic (exact) mass is 425 g/mol. The molecule has 1 aliphatic heterocycles. The van der Waals surface area contributed by atoms with Gasteiger partial charge in [0.05, 0.1) is 6.10 Å². The summed E-state index contributed by atoms with van der Waals surface area (Å²) in [6.45, 7) is 5.65. The first-order valence-electron chi connectivity index (χ1n) is 11.5. The summed E-state index contributed by atoms with van der Waals surface area (Å²) < 4.78 is 12.6. The van der Waals surface area contributed by atoms with Crippen LogP contribution in [-0.2, 0) is 6.42 Å². The minimum atomic E-state index is 0.159. The number of hydrogen-bond acceptors (Lipinski definition) is 4. The predicted octanol–water partition coefficient (Wildman–Crippen LogP) is 6.17. The Hall–Kier alpha value is -1.65. The van der Waals surface area contributed by atoms with Crippen LogP contribution in [0.15, 0.2) is 48.5 Å². The van der Waals surface area contributed by atoms with Crippen molar-refractivity contribution < 1.29 is 9.47 Å². The summed E-state index contributed by atoms with van der Waals surface area (Å²) >= 11 is 2.03. The van der Waals surface area contributed by atoms with Gasteiger partial charge in [-0.3, -0.25) is 0 Å². The predicted molar refractivity (Wildman–Crippen MR) is 127 cm³/mol. The van der Waals surface area contributed by atoms with Gasteiger partial charge < -0.3 is 14.8 Å². The molecule has 30 heavy (non-hydrogen) atoms. The molecule has 1 unspecified atom stereocenters. The molecule has 0 radical (unpaired) electrons. The van der Waals surface area contributed by atoms with Crippen LogP contribution >= 0.6 is 11.8 Å². The van der Waals surface area contributed by atoms with E-state index in [2.05, 4.69) is 67.7 Å². The van der Waals surface area contributed by atoms with Crippen molar-refractivity contribution in [1.29, 1.82) is 0 Å². The molecule has 0 aromatic heterocycles. The Balaban J connectivity index is 1.24. The lowest BCUT2D eigenvalue weighted by Gasteiger charge is -2.30. The summed E-state index contributed by atoms with van der Waals surface area (Å²) in [6, 6.07) is 17.6. The average Bonchev–Trinajstić information content (AvgIpc) is 2.78. The number of aryl methyl sites for hydroxylation is 1. The minimum absolute atomic E-state index is 0.159. The highest BCUT2D eigenvalue weighted by atomic mass is 32.2. The van der Waals surface area contributed by atoms with Crippen molar-refractivity contribution in [3.05, 3.63) is 59.7 Å². The van der Waals surface area contributed by atoms with Gasteiger partial charge >= 0.3 is 0 Å². The van der Waals surface area contributed by atoms with Crippen molar-refractivity contribution >= 4 is 11.8 Å². The lowest BCUT2D eigenvalue weighted by Crippen LogP contribution is -2.37. The molecular weight excluding hydrogens is 390 g/mol. The van der Waals surface area contributed by atoms with E-state index in [1.807, 2.05) is 11.8 Å². The molecule has 2 aromatic carbocycles. The average molecular weight is 426 g/mol. The van der Waals surface area contributed by atoms with Crippen LogP contribution in [0.4, 0.5) is 0 Å². The first-order chi connectivity index (χ1) is 14.7. The van der Waals surface area contributed by atoms with Crippen molar-refractivity contribution in [2.75, 3.05) is 12.3 Å². The quantitative estimate of drug-likeness (QED) is 0.512. The third-order valence-corrected chi connectivity index (χ3v) is 7.22. The van der Waals surface area contributed by atoms with E-state index in [0.29, 0.717) is 12.1 Å². The number of rotatable bonds is 8. The molecule has 4 rings (SSSR count). The topological polar surface area (TPSA) is 30.5 Å². The van der Waals surface area contributed by atoms with Crippen molar-refractivity contribution in [1.82, 2.24) is 5.32 Å². The van der Waals surface area contributed by atoms with Crippen molar-refractivity contribution in [3.8, 4) is 11.5 Å². The maximum absolute atomic E-state index is 6.35. The van der Waals surface area contributed by atoms with Crippen molar-refractivity contribution in [2.45, 2.75) is 75.9 Å². The number of ether oxygens (including phenoxy) is 2. The fraction of sp³-hybridized carbons (Fsp3) is 0.538. The van der Waals surface area contributed by atoms with Crippen LogP contribution < -0.4 is 14.8 Å². The molecule has 0 spiro atoms. The molecule has 162 valence electrons. The molecule has 0 amide bonds. The molecule has 0 bridgehead atoms. The van der Waals surface area contributed by atoms with Gasteiger partial charge in [0.15, 0.2) is 0 Å². The van der Waals surface area contributed by atoms with E-state index in [9.17, 15) is 0 Å². The Labute approximate surface area is 185 Å². The van der Waals surface area contributed by atoms with Crippen LogP contribution in [0.3, 0.4) is 0 Å². The zero-order chi connectivity index (χ0) is 20.8. The van der Waals surface area contributed by atoms with Gasteiger partial charge in [0.25, 0.3) is 0 Å². The van der Waals surface area contributed by atoms with Gasteiger partial charge in [-0.2, -0.15) is 11.8 Å². The molecule has 1 saturated carbocycles. The summed E-state index contributed by atoms with van der Waals surface area (Å²) in [7, 11) is 0. The molecule has 1 aliphatic carbocycles. The van der Waals surface area contributed by atoms with Gasteiger partial charge in [-0.1, -0.05) is 44.2 Å². The Morgan fingerprint density at radius 3 is 2.60 bits per heavy atom. The number of fused-ring (bicyclic) bond motifs is 1. The lowest BCUT2D eigenvalue weighted by atomic mass is 9.93. The Morgan fingerprint density at radius 1 is 1.03 bits per heavy atom. The van der Waals surface area contributed by atoms with E-state index in [0.717, 1.165) is 49.0 Å². The molecule has 2 aliphatic rings. The summed E-state index contributed by atoms with van der Waals surface area (Å²) in [4.78, 5) is 0. The highest BCUT2D eigenvalue weighted by molar-refractivity contribution is 7.99. The van der Waals surface area contributed by atoms with Crippen molar-refractivity contribution in [2.24, 2.45) is 0 Å². The summed E-state index contributed by atoms with van der Waals surface area (Å²) in [5.74, 6) is 3.21. The van der Waals surface area contributed by atoms with Gasteiger partial charge in [-0.05, 0) is 73.1 Å². The van der Waals surface area contributed by atoms with Gasteiger partial charge in [0.2, 0.25) is 0 Å². The number of nitrogens with one attached hydrogen (secondary N) is 1. The van der Waals surface area contributed by atoms with Gasteiger partial charge in [-0.25, -0.2) is 0 Å². The summed E-state index contributed by atoms with van der Waals surface area (Å²) in [6.07, 6.45) is 7.26. The molecule has 1 N–H and O–H groups in total. The highest BCUT2D eigenvalue weighted by Gasteiger charge is 2.24. The molecule has 2 aromatic rings. The lowest BCUT2D eigenvalue weighted by molar-refractivity contribution is 0.139. The zero-order valence-electron chi connectivity index (χ0n) is 18.3. The van der Waals surface area contributed by atoms with Gasteiger partial charge in [-0.15, -0.1) is 0 Å². The van der Waals surface area contributed by atoms with Gasteiger partial charge in [0.1, 0.15) is 17.6 Å². The zero-order valence-corrected chi connectivity index (χ0v) is 19.1. The second kappa shape index (κ2) is 10.6. The second-order valence-corrected chi connectivity index (χ2v) is 10.5. The van der Waals surface area contributed by atoms with Crippen LogP contribution in [0.5, 0.6) is 11.5 Å². The fourth-order valence-corrected chi connectivity index (χ4v) is 5.18. The van der Waals surface area contributed by atoms with E-state index in [1.165, 1.54) is 29.7 Å². The van der Waals surface area contributed by atoms with E-state index >= 15 is 0 Å². The standard InChI is InChI=1S/C26H35NO2S/c1-19(2)30-17-16-27-22-9-11-23(12-10-22)28-24-13-15-26-21(18-24)8-14-25(29-26)20-6-4-3-5-7-20/h3-7,13,15,18-19,22-23,25,27H,8-12,14,16-17H2,1-2H3. The number of benzene rings is 2. The maximum Gasteiger partial charge on any atom is 0.124 e. The normalized spacial score (nSPS) is 23.6. The molecule has 3 nitrogen and oxygen atoms in total. The summed E-state index contributed by atoms with van der Waals surface area (Å²) in [5.41, 5.74) is 2.54. The van der Waals surface area contributed by atoms with Crippen LogP contribution in [0.2, 0.25) is 0 Å². The second-order valence-electron chi connectivity index (χ2n) is 8.79. The largest absolute Gasteiger partial charge is 0.490 e. The SMILES string of the molecule is CC(C)SCCNC1CCC(Oc2ccc3c(c2)CCC(c2ccccc2)O3)CC1. The Bertz CT molecular complexity index is 787. The third kappa shape index (κ3) is 5.95. The molecule has 1 heterocycles. The first kappa shape index (κ1) is 21.6. The fourth-order valence-electron chi connectivity index (χ4n) is 4.48. The molecule has 1 atom stereocenters. The Morgan fingerprint density at radius 2 is 1.83 bits per heavy atom. The highest BCUT2D eigenvalue weighted by Crippen LogP contribution is 2.37. The number of thioether (sulfide) groups is 1. The molecular formula is C26H35NO2S. The Kier molecular flexibility index (Phi) is 7.62. The van der Waals surface area contributed by atoms with Crippen LogP contribution in [-0.4, -0.2) is 29.7 Å². The number of hydrogen-bond donors (Lipinski definition) is 1. The van der Waals surface area contributed by atoms with E-state index in [1.54, 1.807) is 0 Å². The smallest absolute Gasteiger partial charge is 0.124 e. The van der Waals surface area contributed by atoms with Crippen LogP contribution in [0, 0.1) is 0 Å². The van der Waals surface area contributed by atoms with Crippen molar-refractivity contribution in [3.63, 3.8) is 0 Å². The van der Waals surface area contributed by atoms with Crippen LogP contribution in [0.1, 0.15) is 63.2 Å². The van der Waals surface area contributed by atoms with E-state index in [-0.39, 0.29) is 6.10 Å². The maximum atomic E-state index is 6.35. The third-order valence-electron chi connectivity index (χ3n) is 6.11. The minimum Gasteiger partial charge on any atom is -0.490 e. The van der Waals surface area contributed by atoms with Gasteiger partial charge in [0, 0.05) is 18.3 Å². The summed E-state index contributed by atoms with van der Waals surface area (Å²) in [5, 5.41) is 4.45. The molecule has 1 fully saturated rings.